The summed E-state index contributed by atoms with van der Waals surface area (Å²) in [7, 11) is 0. The van der Waals surface area contributed by atoms with Crippen LogP contribution < -0.4 is 0 Å². The van der Waals surface area contributed by atoms with Gasteiger partial charge < -0.3 is 15.3 Å². The first kappa shape index (κ1) is 27.5. The summed E-state index contributed by atoms with van der Waals surface area (Å²) < 4.78 is 0. The van der Waals surface area contributed by atoms with E-state index in [9.17, 15) is 0 Å². The topological polar surface area (TPSA) is 39.9 Å². The third-order valence-electron chi connectivity index (χ3n) is 5.04. The second kappa shape index (κ2) is 15.8. The van der Waals surface area contributed by atoms with Gasteiger partial charge in [0.2, 0.25) is 0 Å². The Balaban J connectivity index is 0.000000152. The number of hydrogen-bond donors (Lipinski definition) is 0. The van der Waals surface area contributed by atoms with Crippen LogP contribution in [-0.4, -0.2) is 16.5 Å². The molecule has 0 atom stereocenters. The number of nitrogens with zero attached hydrogens (tertiary/aromatic N) is 3. The Morgan fingerprint density at radius 3 is 1.43 bits per heavy atom. The molecule has 0 aliphatic carbocycles. The van der Waals surface area contributed by atoms with Crippen molar-refractivity contribution in [1.29, 1.82) is 0 Å². The minimum absolute atomic E-state index is 0. The number of rotatable bonds is 3. The Morgan fingerprint density at radius 2 is 1.05 bits per heavy atom. The molecule has 185 valence electrons. The summed E-state index contributed by atoms with van der Waals surface area (Å²) in [5.41, 5.74) is 6.12. The standard InChI is InChI=1S/C11H9N.2C11H8N.Ir/c3*1-2-6-10(7-3-1)11-8-4-5-9-12-11;/h1-6,8H,9H2;2*1-6,8-9H;/q-2;2*-1;. The summed E-state index contributed by atoms with van der Waals surface area (Å²) in [5, 5.41) is 4.34. The molecule has 5 aromatic rings. The molecule has 1 radical (unpaired) electrons. The van der Waals surface area contributed by atoms with E-state index in [0.29, 0.717) is 0 Å². The van der Waals surface area contributed by atoms with Crippen molar-refractivity contribution >= 4 is 5.70 Å². The molecule has 0 unspecified atom stereocenters. The molecule has 1 aliphatic rings. The van der Waals surface area contributed by atoms with Crippen LogP contribution in [0.1, 0.15) is 5.56 Å². The number of pyridine rings is 2. The van der Waals surface area contributed by atoms with Crippen molar-refractivity contribution in [2.75, 3.05) is 6.54 Å². The van der Waals surface area contributed by atoms with Gasteiger partial charge in [0, 0.05) is 32.5 Å². The van der Waals surface area contributed by atoms with Gasteiger partial charge in [0.05, 0.1) is 0 Å². The van der Waals surface area contributed by atoms with Crippen LogP contribution in [0.4, 0.5) is 0 Å². The van der Waals surface area contributed by atoms with Crippen molar-refractivity contribution in [2.45, 2.75) is 0 Å². The zero-order valence-corrected chi connectivity index (χ0v) is 22.6. The molecule has 0 amide bonds. The molecule has 0 bridgehead atoms. The van der Waals surface area contributed by atoms with Crippen molar-refractivity contribution in [2.24, 2.45) is 0 Å². The maximum Gasteiger partial charge on any atom is 0.0160 e. The summed E-state index contributed by atoms with van der Waals surface area (Å²) >= 11 is 0. The first-order valence-corrected chi connectivity index (χ1v) is 11.7. The summed E-state index contributed by atoms with van der Waals surface area (Å²) in [6.45, 7) is 0.786. The normalized spacial score (nSPS) is 11.2. The molecular formula is C33H25IrN3-4. The zero-order chi connectivity index (χ0) is 24.7. The van der Waals surface area contributed by atoms with E-state index in [0.717, 1.165) is 40.3 Å². The second-order valence-corrected chi connectivity index (χ2v) is 7.58. The maximum absolute atomic E-state index is 4.34. The fraction of sp³-hybridized carbons (Fsp3) is 0.0303. The SMILES string of the molecule is [Ir].[c-]1ccccc1-c1ccccn1.[c-]1ccccc1-c1ccccn1.[c-]1ccccc1C1=CC=CC[N-]1. The van der Waals surface area contributed by atoms with E-state index in [1.54, 1.807) is 12.4 Å². The van der Waals surface area contributed by atoms with Crippen molar-refractivity contribution in [3.8, 4) is 22.5 Å². The average molecular weight is 656 g/mol. The van der Waals surface area contributed by atoms with Gasteiger partial charge in [0.25, 0.3) is 0 Å². The Bertz CT molecular complexity index is 1190. The molecule has 3 heterocycles. The van der Waals surface area contributed by atoms with Gasteiger partial charge in [0.15, 0.2) is 0 Å². The van der Waals surface area contributed by atoms with E-state index < -0.39 is 0 Å². The Morgan fingerprint density at radius 1 is 0.568 bits per heavy atom. The largest absolute Gasteiger partial charge is 0.725 e. The van der Waals surface area contributed by atoms with Crippen LogP contribution in [-0.2, 0) is 20.1 Å². The quantitative estimate of drug-likeness (QED) is 0.186. The van der Waals surface area contributed by atoms with Crippen LogP contribution in [0.25, 0.3) is 33.5 Å². The van der Waals surface area contributed by atoms with Gasteiger partial charge in [-0.3, -0.25) is 0 Å². The van der Waals surface area contributed by atoms with Crippen LogP contribution in [0.15, 0.2) is 140 Å². The molecule has 0 fully saturated rings. The molecule has 37 heavy (non-hydrogen) atoms. The van der Waals surface area contributed by atoms with E-state index in [-0.39, 0.29) is 20.1 Å². The molecule has 2 aromatic heterocycles. The molecule has 0 saturated heterocycles. The first-order valence-electron chi connectivity index (χ1n) is 11.7. The fourth-order valence-electron chi connectivity index (χ4n) is 3.30. The molecule has 0 saturated carbocycles. The average Bonchev–Trinajstić information content (AvgIpc) is 3.01. The Labute approximate surface area is 233 Å². The van der Waals surface area contributed by atoms with Crippen LogP contribution in [0.5, 0.6) is 0 Å². The molecule has 0 N–H and O–H groups in total. The van der Waals surface area contributed by atoms with E-state index >= 15 is 0 Å². The molecule has 4 heteroatoms. The number of benzene rings is 3. The van der Waals surface area contributed by atoms with Gasteiger partial charge >= 0.3 is 0 Å². The van der Waals surface area contributed by atoms with Crippen molar-refractivity contribution < 1.29 is 20.1 Å². The minimum Gasteiger partial charge on any atom is -0.725 e. The predicted octanol–water partition coefficient (Wildman–Crippen LogP) is 7.87. The Kier molecular flexibility index (Phi) is 11.7. The van der Waals surface area contributed by atoms with E-state index in [4.69, 9.17) is 0 Å². The molecule has 3 nitrogen and oxygen atoms in total. The smallest absolute Gasteiger partial charge is 0.0160 e. The second-order valence-electron chi connectivity index (χ2n) is 7.58. The third-order valence-corrected chi connectivity index (χ3v) is 5.04. The van der Waals surface area contributed by atoms with Gasteiger partial charge in [-0.2, -0.15) is 5.56 Å². The molecule has 6 rings (SSSR count). The monoisotopic (exact) mass is 656 g/mol. The van der Waals surface area contributed by atoms with Crippen LogP contribution in [0, 0.1) is 18.2 Å². The van der Waals surface area contributed by atoms with E-state index in [1.165, 1.54) is 0 Å². The molecule has 1 aliphatic heterocycles. The molecule has 0 spiro atoms. The third kappa shape index (κ3) is 9.12. The van der Waals surface area contributed by atoms with Crippen LogP contribution >= 0.6 is 0 Å². The predicted molar refractivity (Wildman–Crippen MR) is 148 cm³/mol. The fourth-order valence-corrected chi connectivity index (χ4v) is 3.30. The summed E-state index contributed by atoms with van der Waals surface area (Å²) in [6, 6.07) is 44.7. The van der Waals surface area contributed by atoms with Crippen molar-refractivity contribution in [1.82, 2.24) is 9.97 Å². The van der Waals surface area contributed by atoms with Gasteiger partial charge in [0.1, 0.15) is 0 Å². The summed E-state index contributed by atoms with van der Waals surface area (Å²) in [6.07, 6.45) is 9.65. The number of aromatic nitrogens is 2. The molecular weight excluding hydrogens is 631 g/mol. The number of allylic oxidation sites excluding steroid dienone is 2. The van der Waals surface area contributed by atoms with Crippen LogP contribution in [0.3, 0.4) is 0 Å². The van der Waals surface area contributed by atoms with Gasteiger partial charge in [-0.05, 0) is 23.5 Å². The van der Waals surface area contributed by atoms with E-state index in [1.807, 2.05) is 127 Å². The first-order chi connectivity index (χ1) is 17.9. The zero-order valence-electron chi connectivity index (χ0n) is 20.2. The van der Waals surface area contributed by atoms with E-state index in [2.05, 4.69) is 33.5 Å². The summed E-state index contributed by atoms with van der Waals surface area (Å²) in [4.78, 5) is 8.44. The maximum atomic E-state index is 4.34. The van der Waals surface area contributed by atoms with Crippen LogP contribution in [0.2, 0.25) is 0 Å². The van der Waals surface area contributed by atoms with Gasteiger partial charge in [-0.15, -0.1) is 121 Å². The van der Waals surface area contributed by atoms with Crippen molar-refractivity contribution in [3.63, 3.8) is 0 Å². The van der Waals surface area contributed by atoms with Crippen molar-refractivity contribution in [3.05, 3.63) is 169 Å². The molecule has 3 aromatic carbocycles. The minimum atomic E-state index is 0. The van der Waals surface area contributed by atoms with Gasteiger partial charge in [-0.25, -0.2) is 5.70 Å². The summed E-state index contributed by atoms with van der Waals surface area (Å²) in [5.74, 6) is 0. The number of hydrogen-bond acceptors (Lipinski definition) is 2. The van der Waals surface area contributed by atoms with Gasteiger partial charge in [-0.1, -0.05) is 30.3 Å². The Hall–Kier alpha value is -4.11.